The van der Waals surface area contributed by atoms with Gasteiger partial charge >= 0.3 is 12.1 Å². The van der Waals surface area contributed by atoms with Gasteiger partial charge in [-0.15, -0.1) is 0 Å². The van der Waals surface area contributed by atoms with Crippen molar-refractivity contribution in [3.05, 3.63) is 64.2 Å². The smallest absolute Gasteiger partial charge is 0.418 e. The molecule has 0 fully saturated rings. The molecule has 0 aromatic heterocycles. The Morgan fingerprint density at radius 2 is 1.79 bits per heavy atom. The first-order chi connectivity index (χ1) is 13.7. The number of alkyl halides is 3. The van der Waals surface area contributed by atoms with Crippen molar-refractivity contribution in [2.75, 3.05) is 18.5 Å². The van der Waals surface area contributed by atoms with Gasteiger partial charge in [0.1, 0.15) is 5.75 Å². The molecule has 0 heterocycles. The number of non-ortho nitro benzene ring substituents is 1. The van der Waals surface area contributed by atoms with Gasteiger partial charge in [0.15, 0.2) is 6.61 Å². The first-order valence-corrected chi connectivity index (χ1v) is 8.16. The van der Waals surface area contributed by atoms with Crippen molar-refractivity contribution >= 4 is 23.3 Å². The molecular weight excluding hydrogens is 397 g/mol. The van der Waals surface area contributed by atoms with Gasteiger partial charge in [0.2, 0.25) is 0 Å². The molecule has 0 bridgehead atoms. The van der Waals surface area contributed by atoms with E-state index in [1.54, 1.807) is 30.3 Å². The minimum atomic E-state index is -4.93. The zero-order valence-corrected chi connectivity index (χ0v) is 14.8. The zero-order valence-electron chi connectivity index (χ0n) is 14.8. The van der Waals surface area contributed by atoms with Gasteiger partial charge < -0.3 is 14.8 Å². The normalized spacial score (nSPS) is 10.9. The Bertz CT molecular complexity index is 887. The van der Waals surface area contributed by atoms with E-state index in [0.717, 1.165) is 12.1 Å². The average Bonchev–Trinajstić information content (AvgIpc) is 2.66. The number of benzene rings is 2. The minimum Gasteiger partial charge on any atom is -0.493 e. The fourth-order valence-corrected chi connectivity index (χ4v) is 2.16. The summed E-state index contributed by atoms with van der Waals surface area (Å²) in [6.45, 7) is -0.830. The molecule has 0 aliphatic carbocycles. The van der Waals surface area contributed by atoms with Crippen molar-refractivity contribution in [2.24, 2.45) is 0 Å². The van der Waals surface area contributed by atoms with E-state index in [1.807, 2.05) is 5.32 Å². The predicted molar refractivity (Wildman–Crippen MR) is 94.2 cm³/mol. The average molecular weight is 412 g/mol. The highest BCUT2D eigenvalue weighted by Crippen LogP contribution is 2.37. The van der Waals surface area contributed by atoms with E-state index >= 15 is 0 Å². The number of nitrogens with one attached hydrogen (secondary N) is 1. The van der Waals surface area contributed by atoms with Gasteiger partial charge in [0, 0.05) is 12.1 Å². The fraction of sp³-hybridized carbons (Fsp3) is 0.222. The molecule has 0 saturated carbocycles. The number of nitro benzene ring substituents is 1. The number of nitrogens with zero attached hydrogens (tertiary/aromatic N) is 1. The number of anilines is 1. The van der Waals surface area contributed by atoms with Gasteiger partial charge in [0.05, 0.1) is 29.2 Å². The lowest BCUT2D eigenvalue weighted by atomic mass is 10.1. The molecule has 2 rings (SSSR count). The standard InChI is InChI=1S/C18H15F3N2O6/c19-18(20,21)14-10-12(23(26)27)6-7-15(14)22-16(24)11-29-17(25)8-9-28-13-4-2-1-3-5-13/h1-7,10H,8-9,11H2,(H,22,24). The van der Waals surface area contributed by atoms with E-state index in [1.165, 1.54) is 0 Å². The molecule has 29 heavy (non-hydrogen) atoms. The summed E-state index contributed by atoms with van der Waals surface area (Å²) in [6, 6.07) is 10.5. The monoisotopic (exact) mass is 412 g/mol. The van der Waals surface area contributed by atoms with Gasteiger partial charge in [-0.3, -0.25) is 19.7 Å². The lowest BCUT2D eigenvalue weighted by molar-refractivity contribution is -0.385. The number of ether oxygens (including phenoxy) is 2. The lowest BCUT2D eigenvalue weighted by Crippen LogP contribution is -2.23. The van der Waals surface area contributed by atoms with E-state index < -0.39 is 46.5 Å². The highest BCUT2D eigenvalue weighted by molar-refractivity contribution is 5.93. The molecule has 0 saturated heterocycles. The third-order valence-electron chi connectivity index (χ3n) is 3.48. The number of halogens is 3. The highest BCUT2D eigenvalue weighted by atomic mass is 19.4. The molecule has 11 heteroatoms. The summed E-state index contributed by atoms with van der Waals surface area (Å²) in [5, 5.41) is 12.6. The molecule has 154 valence electrons. The second-order valence-electron chi connectivity index (χ2n) is 5.61. The summed E-state index contributed by atoms with van der Waals surface area (Å²) in [4.78, 5) is 33.1. The van der Waals surface area contributed by atoms with Crippen LogP contribution in [0.1, 0.15) is 12.0 Å². The maximum atomic E-state index is 13.1. The van der Waals surface area contributed by atoms with E-state index in [9.17, 15) is 32.9 Å². The van der Waals surface area contributed by atoms with E-state index in [4.69, 9.17) is 4.74 Å². The van der Waals surface area contributed by atoms with Crippen LogP contribution in [0.4, 0.5) is 24.5 Å². The SMILES string of the molecule is O=C(COC(=O)CCOc1ccccc1)Nc1ccc([N+](=O)[O-])cc1C(F)(F)F. The Morgan fingerprint density at radius 1 is 1.10 bits per heavy atom. The number of nitro groups is 1. The zero-order chi connectivity index (χ0) is 21.4. The van der Waals surface area contributed by atoms with Crippen molar-refractivity contribution in [3.8, 4) is 5.75 Å². The molecule has 2 aromatic rings. The molecule has 0 spiro atoms. The lowest BCUT2D eigenvalue weighted by Gasteiger charge is -2.13. The number of hydrogen-bond donors (Lipinski definition) is 1. The maximum Gasteiger partial charge on any atom is 0.418 e. The molecule has 2 aromatic carbocycles. The van der Waals surface area contributed by atoms with Crippen molar-refractivity contribution in [3.63, 3.8) is 0 Å². The molecule has 0 unspecified atom stereocenters. The van der Waals surface area contributed by atoms with E-state index in [0.29, 0.717) is 11.8 Å². The third kappa shape index (κ3) is 6.79. The summed E-state index contributed by atoms with van der Waals surface area (Å²) in [5.74, 6) is -1.27. The number of esters is 1. The Hall–Kier alpha value is -3.63. The molecule has 1 amide bonds. The minimum absolute atomic E-state index is 0.00889. The Morgan fingerprint density at radius 3 is 2.41 bits per heavy atom. The summed E-state index contributed by atoms with van der Waals surface area (Å²) >= 11 is 0. The van der Waals surface area contributed by atoms with Crippen molar-refractivity contribution in [1.82, 2.24) is 0 Å². The summed E-state index contributed by atoms with van der Waals surface area (Å²) < 4.78 is 49.1. The number of hydrogen-bond acceptors (Lipinski definition) is 6. The molecule has 8 nitrogen and oxygen atoms in total. The quantitative estimate of drug-likeness (QED) is 0.404. The predicted octanol–water partition coefficient (Wildman–Crippen LogP) is 3.56. The molecular formula is C18H15F3N2O6. The van der Waals surface area contributed by atoms with Gasteiger partial charge in [-0.25, -0.2) is 0 Å². The van der Waals surface area contributed by atoms with Crippen molar-refractivity contribution < 1.29 is 37.2 Å². The van der Waals surface area contributed by atoms with Gasteiger partial charge in [-0.1, -0.05) is 18.2 Å². The number of rotatable bonds is 8. The summed E-state index contributed by atoms with van der Waals surface area (Å²) in [7, 11) is 0. The largest absolute Gasteiger partial charge is 0.493 e. The van der Waals surface area contributed by atoms with E-state index in [2.05, 4.69) is 4.74 Å². The van der Waals surface area contributed by atoms with Gasteiger partial charge in [0.25, 0.3) is 11.6 Å². The summed E-state index contributed by atoms with van der Waals surface area (Å²) in [6.07, 6.45) is -5.10. The molecule has 1 N–H and O–H groups in total. The van der Waals surface area contributed by atoms with Crippen LogP contribution in [-0.4, -0.2) is 30.0 Å². The second kappa shape index (κ2) is 9.53. The Balaban J connectivity index is 1.87. The summed E-state index contributed by atoms with van der Waals surface area (Å²) in [5.41, 5.74) is -2.85. The van der Waals surface area contributed by atoms with Crippen LogP contribution < -0.4 is 10.1 Å². The number of para-hydroxylation sites is 1. The van der Waals surface area contributed by atoms with Crippen LogP contribution in [0.2, 0.25) is 0 Å². The third-order valence-corrected chi connectivity index (χ3v) is 3.48. The van der Waals surface area contributed by atoms with Crippen LogP contribution in [0.15, 0.2) is 48.5 Å². The number of carbonyl (C=O) groups excluding carboxylic acids is 2. The first kappa shape index (κ1) is 21.7. The van der Waals surface area contributed by atoms with E-state index in [-0.39, 0.29) is 13.0 Å². The molecule has 0 aliphatic rings. The second-order valence-corrected chi connectivity index (χ2v) is 5.61. The van der Waals surface area contributed by atoms with Crippen LogP contribution in [-0.2, 0) is 20.5 Å². The van der Waals surface area contributed by atoms with Crippen LogP contribution in [0, 0.1) is 10.1 Å². The Labute approximate surface area is 162 Å². The first-order valence-electron chi connectivity index (χ1n) is 8.16. The molecule has 0 radical (unpaired) electrons. The number of amides is 1. The van der Waals surface area contributed by atoms with Crippen LogP contribution in [0.3, 0.4) is 0 Å². The number of carbonyl (C=O) groups is 2. The topological polar surface area (TPSA) is 108 Å². The van der Waals surface area contributed by atoms with Gasteiger partial charge in [-0.2, -0.15) is 13.2 Å². The van der Waals surface area contributed by atoms with Crippen molar-refractivity contribution in [1.29, 1.82) is 0 Å². The highest BCUT2D eigenvalue weighted by Gasteiger charge is 2.35. The molecule has 0 atom stereocenters. The van der Waals surface area contributed by atoms with Crippen molar-refractivity contribution in [2.45, 2.75) is 12.6 Å². The Kier molecular flexibility index (Phi) is 7.12. The van der Waals surface area contributed by atoms with Crippen LogP contribution in [0.25, 0.3) is 0 Å². The molecule has 0 aliphatic heterocycles. The van der Waals surface area contributed by atoms with Crippen LogP contribution >= 0.6 is 0 Å². The van der Waals surface area contributed by atoms with Crippen LogP contribution in [0.5, 0.6) is 5.75 Å². The fourth-order valence-electron chi connectivity index (χ4n) is 2.16. The maximum absolute atomic E-state index is 13.1. The van der Waals surface area contributed by atoms with Gasteiger partial charge in [-0.05, 0) is 18.2 Å².